The van der Waals surface area contributed by atoms with Gasteiger partial charge in [-0.1, -0.05) is 20.8 Å². The van der Waals surface area contributed by atoms with Crippen molar-refractivity contribution in [2.24, 2.45) is 52.8 Å². The summed E-state index contributed by atoms with van der Waals surface area (Å²) < 4.78 is 0. The van der Waals surface area contributed by atoms with Crippen LogP contribution in [0.5, 0.6) is 0 Å². The summed E-state index contributed by atoms with van der Waals surface area (Å²) in [6.07, 6.45) is 8.78. The van der Waals surface area contributed by atoms with Gasteiger partial charge < -0.3 is 15.3 Å². The third-order valence-corrected chi connectivity index (χ3v) is 12.1. The standard InChI is InChI=1S/C27H45NO3/c1-15-4-5-24-16(2)18-7-9-27(31)20(19(18)14-28(24)13-15)11-21-22(27)12-25(30)23-10-17(29)6-8-26(21,23)3/h15-25,29-31H,4-14H2,1-3H3/t15-,16-,17-,18-,19-,20+,21+,22-,23-,24-,25+,26-,27+/m1/s1. The van der Waals surface area contributed by atoms with E-state index < -0.39 is 5.60 Å². The van der Waals surface area contributed by atoms with Gasteiger partial charge in [-0.3, -0.25) is 4.90 Å². The Morgan fingerprint density at radius 2 is 1.58 bits per heavy atom. The van der Waals surface area contributed by atoms with Crippen LogP contribution >= 0.6 is 0 Å². The molecule has 0 unspecified atom stereocenters. The number of piperidine rings is 2. The highest BCUT2D eigenvalue weighted by molar-refractivity contribution is 5.17. The largest absolute Gasteiger partial charge is 0.393 e. The first-order valence-corrected chi connectivity index (χ1v) is 13.5. The Balaban J connectivity index is 1.32. The number of nitrogens with zero attached hydrogens (tertiary/aromatic N) is 1. The third kappa shape index (κ3) is 2.93. The summed E-state index contributed by atoms with van der Waals surface area (Å²) in [6, 6.07) is 0.760. The summed E-state index contributed by atoms with van der Waals surface area (Å²) in [5, 5.41) is 33.8. The topological polar surface area (TPSA) is 63.9 Å². The molecule has 4 aliphatic carbocycles. The molecule has 2 heterocycles. The lowest BCUT2D eigenvalue weighted by Crippen LogP contribution is -2.62. The number of fused-ring (bicyclic) bond motifs is 8. The van der Waals surface area contributed by atoms with Gasteiger partial charge >= 0.3 is 0 Å². The van der Waals surface area contributed by atoms with E-state index in [2.05, 4.69) is 25.7 Å². The molecule has 4 saturated carbocycles. The van der Waals surface area contributed by atoms with E-state index in [9.17, 15) is 15.3 Å². The van der Waals surface area contributed by atoms with E-state index in [1.54, 1.807) is 0 Å². The van der Waals surface area contributed by atoms with Gasteiger partial charge in [0, 0.05) is 19.1 Å². The van der Waals surface area contributed by atoms with Crippen molar-refractivity contribution >= 4 is 0 Å². The molecule has 0 radical (unpaired) electrons. The lowest BCUT2D eigenvalue weighted by molar-refractivity contribution is -0.176. The van der Waals surface area contributed by atoms with Crippen molar-refractivity contribution in [3.05, 3.63) is 0 Å². The van der Waals surface area contributed by atoms with Crippen molar-refractivity contribution in [3.63, 3.8) is 0 Å². The second-order valence-corrected chi connectivity index (χ2v) is 13.3. The molecule has 3 N–H and O–H groups in total. The molecule has 0 aromatic rings. The quantitative estimate of drug-likeness (QED) is 0.547. The van der Waals surface area contributed by atoms with Crippen LogP contribution in [0.4, 0.5) is 0 Å². The zero-order valence-corrected chi connectivity index (χ0v) is 19.9. The Morgan fingerprint density at radius 3 is 2.39 bits per heavy atom. The van der Waals surface area contributed by atoms with E-state index in [4.69, 9.17) is 0 Å². The molecular weight excluding hydrogens is 386 g/mol. The molecule has 2 aliphatic heterocycles. The number of hydrogen-bond acceptors (Lipinski definition) is 4. The van der Waals surface area contributed by atoms with E-state index in [0.29, 0.717) is 17.8 Å². The van der Waals surface area contributed by atoms with Crippen molar-refractivity contribution in [1.82, 2.24) is 4.90 Å². The van der Waals surface area contributed by atoms with Gasteiger partial charge in [-0.25, -0.2) is 0 Å². The van der Waals surface area contributed by atoms with Crippen molar-refractivity contribution in [3.8, 4) is 0 Å². The first-order chi connectivity index (χ1) is 14.7. The minimum atomic E-state index is -0.579. The van der Waals surface area contributed by atoms with Gasteiger partial charge in [-0.05, 0) is 111 Å². The van der Waals surface area contributed by atoms with Gasteiger partial charge in [0.05, 0.1) is 17.8 Å². The Bertz CT molecular complexity index is 713. The van der Waals surface area contributed by atoms with Gasteiger partial charge in [-0.15, -0.1) is 0 Å². The van der Waals surface area contributed by atoms with Crippen molar-refractivity contribution in [2.45, 2.75) is 102 Å². The first kappa shape index (κ1) is 21.4. The smallest absolute Gasteiger partial charge is 0.0711 e. The van der Waals surface area contributed by atoms with E-state index >= 15 is 0 Å². The minimum absolute atomic E-state index is 0.0760. The first-order valence-electron chi connectivity index (χ1n) is 13.5. The molecule has 4 heteroatoms. The van der Waals surface area contributed by atoms with Crippen LogP contribution in [0.25, 0.3) is 0 Å². The Kier molecular flexibility index (Phi) is 4.94. The number of aliphatic hydroxyl groups excluding tert-OH is 2. The van der Waals surface area contributed by atoms with Crippen LogP contribution in [-0.2, 0) is 0 Å². The highest BCUT2D eigenvalue weighted by Crippen LogP contribution is 2.68. The highest BCUT2D eigenvalue weighted by atomic mass is 16.3. The molecule has 0 amide bonds. The zero-order valence-electron chi connectivity index (χ0n) is 19.9. The van der Waals surface area contributed by atoms with Crippen LogP contribution in [0.15, 0.2) is 0 Å². The third-order valence-electron chi connectivity index (χ3n) is 12.1. The summed E-state index contributed by atoms with van der Waals surface area (Å²) in [4.78, 5) is 2.81. The molecule has 6 rings (SSSR count). The van der Waals surface area contributed by atoms with Gasteiger partial charge in [0.15, 0.2) is 0 Å². The van der Waals surface area contributed by atoms with Gasteiger partial charge in [0.2, 0.25) is 0 Å². The van der Waals surface area contributed by atoms with Crippen LogP contribution in [0.3, 0.4) is 0 Å². The van der Waals surface area contributed by atoms with Gasteiger partial charge in [-0.2, -0.15) is 0 Å². The molecular formula is C27H45NO3. The van der Waals surface area contributed by atoms with Gasteiger partial charge in [0.25, 0.3) is 0 Å². The molecule has 4 nitrogen and oxygen atoms in total. The molecule has 176 valence electrons. The summed E-state index contributed by atoms with van der Waals surface area (Å²) in [6.45, 7) is 9.76. The molecule has 31 heavy (non-hydrogen) atoms. The van der Waals surface area contributed by atoms with Gasteiger partial charge in [0.1, 0.15) is 0 Å². The Labute approximate surface area is 188 Å². The van der Waals surface area contributed by atoms with Crippen LogP contribution in [0, 0.1) is 52.8 Å². The fourth-order valence-corrected chi connectivity index (χ4v) is 10.6. The summed E-state index contributed by atoms with van der Waals surface area (Å²) in [7, 11) is 0. The van der Waals surface area contributed by atoms with Crippen LogP contribution in [-0.4, -0.2) is 57.2 Å². The number of hydrogen-bond donors (Lipinski definition) is 3. The molecule has 13 atom stereocenters. The lowest BCUT2D eigenvalue weighted by atomic mass is 9.50. The zero-order chi connectivity index (χ0) is 21.7. The molecule has 0 aromatic carbocycles. The molecule has 0 spiro atoms. The fraction of sp³-hybridized carbons (Fsp3) is 1.00. The summed E-state index contributed by atoms with van der Waals surface area (Å²) in [5.41, 5.74) is -0.503. The number of rotatable bonds is 0. The summed E-state index contributed by atoms with van der Waals surface area (Å²) >= 11 is 0. The predicted molar refractivity (Wildman–Crippen MR) is 121 cm³/mol. The van der Waals surface area contributed by atoms with Crippen LogP contribution < -0.4 is 0 Å². The highest BCUT2D eigenvalue weighted by Gasteiger charge is 2.67. The lowest BCUT2D eigenvalue weighted by Gasteiger charge is -2.59. The van der Waals surface area contributed by atoms with E-state index in [1.165, 1.54) is 32.4 Å². The average molecular weight is 432 g/mol. The van der Waals surface area contributed by atoms with E-state index in [1.807, 2.05) is 0 Å². The molecule has 2 saturated heterocycles. The predicted octanol–water partition coefficient (Wildman–Crippen LogP) is 3.68. The van der Waals surface area contributed by atoms with Crippen molar-refractivity contribution < 1.29 is 15.3 Å². The Morgan fingerprint density at radius 1 is 0.774 bits per heavy atom. The second kappa shape index (κ2) is 7.17. The second-order valence-electron chi connectivity index (χ2n) is 13.3. The minimum Gasteiger partial charge on any atom is -0.393 e. The Hall–Kier alpha value is -0.160. The fourth-order valence-electron chi connectivity index (χ4n) is 10.6. The molecule has 6 aliphatic rings. The van der Waals surface area contributed by atoms with E-state index in [-0.39, 0.29) is 29.5 Å². The van der Waals surface area contributed by atoms with Crippen molar-refractivity contribution in [2.75, 3.05) is 13.1 Å². The van der Waals surface area contributed by atoms with E-state index in [0.717, 1.165) is 62.3 Å². The monoisotopic (exact) mass is 431 g/mol. The van der Waals surface area contributed by atoms with Crippen LogP contribution in [0.1, 0.15) is 78.6 Å². The maximum absolute atomic E-state index is 12.3. The summed E-state index contributed by atoms with van der Waals surface area (Å²) in [5.74, 6) is 4.30. The normalized spacial score (nSPS) is 61.5. The number of aliphatic hydroxyl groups is 3. The average Bonchev–Trinajstić information content (AvgIpc) is 3.03. The maximum Gasteiger partial charge on any atom is 0.0711 e. The molecule has 6 fully saturated rings. The van der Waals surface area contributed by atoms with Crippen LogP contribution in [0.2, 0.25) is 0 Å². The molecule has 0 bridgehead atoms. The van der Waals surface area contributed by atoms with Crippen molar-refractivity contribution in [1.29, 1.82) is 0 Å². The molecule has 0 aromatic heterocycles. The maximum atomic E-state index is 12.3. The SMILES string of the molecule is C[C@@H]1CC[C@@H]2[C@H](C)[C@H]3CC[C@@]4(O)[C@@H]5C[C@H](O)[C@H]6C[C@H](O)CC[C@]6(C)[C@H]5C[C@H]4[C@@H]3CN2C1.